The molecule has 80 valence electrons. The van der Waals surface area contributed by atoms with Crippen molar-refractivity contribution in [3.8, 4) is 0 Å². The lowest BCUT2D eigenvalue weighted by molar-refractivity contribution is 0.574. The standard InChI is InChI=1S/C11H12BrClN2/c1-11(2,3)8-4-6-7(15-8)5-14-10(13)9(6)12/h4-5,15H,1-3H3. The molecule has 0 saturated heterocycles. The van der Waals surface area contributed by atoms with Gasteiger partial charge in [-0.3, -0.25) is 0 Å². The fourth-order valence-corrected chi connectivity index (χ4v) is 2.03. The summed E-state index contributed by atoms with van der Waals surface area (Å²) in [4.78, 5) is 7.44. The van der Waals surface area contributed by atoms with E-state index in [1.807, 2.05) is 0 Å². The molecule has 0 unspecified atom stereocenters. The Kier molecular flexibility index (Phi) is 2.55. The lowest BCUT2D eigenvalue weighted by Gasteiger charge is -2.15. The van der Waals surface area contributed by atoms with Crippen molar-refractivity contribution in [1.82, 2.24) is 9.97 Å². The molecule has 15 heavy (non-hydrogen) atoms. The first kappa shape index (κ1) is 11.0. The molecule has 2 nitrogen and oxygen atoms in total. The van der Waals surface area contributed by atoms with Crippen molar-refractivity contribution in [2.45, 2.75) is 26.2 Å². The molecule has 0 radical (unpaired) electrons. The van der Waals surface area contributed by atoms with Crippen molar-refractivity contribution >= 4 is 38.4 Å². The van der Waals surface area contributed by atoms with E-state index in [0.717, 1.165) is 15.4 Å². The molecule has 0 fully saturated rings. The number of hydrogen-bond acceptors (Lipinski definition) is 1. The predicted octanol–water partition coefficient (Wildman–Crippen LogP) is 4.28. The minimum Gasteiger partial charge on any atom is -0.357 e. The van der Waals surface area contributed by atoms with E-state index in [2.05, 4.69) is 52.7 Å². The number of fused-ring (bicyclic) bond motifs is 1. The Morgan fingerprint density at radius 1 is 1.40 bits per heavy atom. The van der Waals surface area contributed by atoms with Gasteiger partial charge in [-0.2, -0.15) is 0 Å². The third-order valence-electron chi connectivity index (χ3n) is 2.38. The third-order valence-corrected chi connectivity index (χ3v) is 3.70. The number of halogens is 2. The molecule has 2 rings (SSSR count). The SMILES string of the molecule is CC(C)(C)c1cc2c(Br)c(Cl)ncc2[nH]1. The van der Waals surface area contributed by atoms with Crippen LogP contribution in [0.25, 0.3) is 10.9 Å². The summed E-state index contributed by atoms with van der Waals surface area (Å²) in [5.41, 5.74) is 2.30. The van der Waals surface area contributed by atoms with Crippen LogP contribution in [0.3, 0.4) is 0 Å². The first-order valence-electron chi connectivity index (χ1n) is 4.73. The van der Waals surface area contributed by atoms with Crippen LogP contribution in [0.5, 0.6) is 0 Å². The van der Waals surface area contributed by atoms with Crippen molar-refractivity contribution in [3.05, 3.63) is 27.6 Å². The van der Waals surface area contributed by atoms with Crippen molar-refractivity contribution in [2.75, 3.05) is 0 Å². The molecule has 0 aliphatic heterocycles. The second-order valence-corrected chi connectivity index (χ2v) is 5.77. The number of hydrogen-bond donors (Lipinski definition) is 1. The number of nitrogens with one attached hydrogen (secondary N) is 1. The molecule has 0 aromatic carbocycles. The van der Waals surface area contributed by atoms with Gasteiger partial charge in [-0.1, -0.05) is 32.4 Å². The lowest BCUT2D eigenvalue weighted by Crippen LogP contribution is -2.10. The zero-order valence-electron chi connectivity index (χ0n) is 8.86. The van der Waals surface area contributed by atoms with Gasteiger partial charge in [0.15, 0.2) is 0 Å². The maximum atomic E-state index is 5.94. The van der Waals surface area contributed by atoms with Crippen LogP contribution in [0.15, 0.2) is 16.7 Å². The summed E-state index contributed by atoms with van der Waals surface area (Å²) in [6, 6.07) is 2.12. The van der Waals surface area contributed by atoms with Gasteiger partial charge in [-0.25, -0.2) is 4.98 Å². The molecule has 4 heteroatoms. The third kappa shape index (κ3) is 1.91. The largest absolute Gasteiger partial charge is 0.357 e. The number of aromatic nitrogens is 2. The van der Waals surface area contributed by atoms with E-state index >= 15 is 0 Å². The van der Waals surface area contributed by atoms with Crippen LogP contribution in [0.2, 0.25) is 5.15 Å². The maximum absolute atomic E-state index is 5.94. The lowest BCUT2D eigenvalue weighted by atomic mass is 9.92. The summed E-state index contributed by atoms with van der Waals surface area (Å²) in [7, 11) is 0. The Hall–Kier alpha value is -0.540. The highest BCUT2D eigenvalue weighted by Crippen LogP contribution is 2.32. The van der Waals surface area contributed by atoms with Crippen molar-refractivity contribution in [2.24, 2.45) is 0 Å². The molecule has 0 atom stereocenters. The maximum Gasteiger partial charge on any atom is 0.143 e. The molecule has 2 aromatic heterocycles. The number of aromatic amines is 1. The molecule has 1 N–H and O–H groups in total. The van der Waals surface area contributed by atoms with Crippen LogP contribution in [-0.4, -0.2) is 9.97 Å². The first-order chi connectivity index (χ1) is 6.89. The molecule has 0 saturated carbocycles. The van der Waals surface area contributed by atoms with Gasteiger partial charge in [-0.15, -0.1) is 0 Å². The molecule has 0 aliphatic rings. The molecular weight excluding hydrogens is 275 g/mol. The van der Waals surface area contributed by atoms with Gasteiger partial charge in [0.1, 0.15) is 5.15 Å². The number of H-pyrrole nitrogens is 1. The zero-order valence-corrected chi connectivity index (χ0v) is 11.2. The predicted molar refractivity (Wildman–Crippen MR) is 67.5 cm³/mol. The second-order valence-electron chi connectivity index (χ2n) is 4.62. The summed E-state index contributed by atoms with van der Waals surface area (Å²) < 4.78 is 0.855. The van der Waals surface area contributed by atoms with Gasteiger partial charge in [-0.05, 0) is 22.0 Å². The summed E-state index contributed by atoms with van der Waals surface area (Å²) >= 11 is 9.39. The van der Waals surface area contributed by atoms with Crippen LogP contribution >= 0.6 is 27.5 Å². The molecule has 0 aliphatic carbocycles. The van der Waals surface area contributed by atoms with E-state index in [1.54, 1.807) is 6.20 Å². The van der Waals surface area contributed by atoms with Gasteiger partial charge in [0.2, 0.25) is 0 Å². The molecule has 2 heterocycles. The van der Waals surface area contributed by atoms with E-state index in [-0.39, 0.29) is 5.41 Å². The van der Waals surface area contributed by atoms with Crippen LogP contribution in [-0.2, 0) is 5.41 Å². The molecule has 0 spiro atoms. The highest BCUT2D eigenvalue weighted by Gasteiger charge is 2.17. The van der Waals surface area contributed by atoms with Crippen molar-refractivity contribution < 1.29 is 0 Å². The van der Waals surface area contributed by atoms with Gasteiger partial charge in [0.05, 0.1) is 16.2 Å². The summed E-state index contributed by atoms with van der Waals surface area (Å²) in [5, 5.41) is 1.59. The Bertz CT molecular complexity index is 511. The summed E-state index contributed by atoms with van der Waals surface area (Å²) in [6.07, 6.45) is 1.76. The fraction of sp³-hybridized carbons (Fsp3) is 0.364. The van der Waals surface area contributed by atoms with Crippen LogP contribution in [0.4, 0.5) is 0 Å². The number of pyridine rings is 1. The highest BCUT2D eigenvalue weighted by atomic mass is 79.9. The monoisotopic (exact) mass is 286 g/mol. The first-order valence-corrected chi connectivity index (χ1v) is 5.90. The topological polar surface area (TPSA) is 28.7 Å². The van der Waals surface area contributed by atoms with Crippen LogP contribution in [0.1, 0.15) is 26.5 Å². The number of nitrogens with zero attached hydrogens (tertiary/aromatic N) is 1. The Morgan fingerprint density at radius 2 is 2.07 bits per heavy atom. The van der Waals surface area contributed by atoms with E-state index in [0.29, 0.717) is 5.15 Å². The van der Waals surface area contributed by atoms with Crippen molar-refractivity contribution in [3.63, 3.8) is 0 Å². The highest BCUT2D eigenvalue weighted by molar-refractivity contribution is 9.10. The molecular formula is C11H12BrClN2. The minimum absolute atomic E-state index is 0.102. The molecule has 0 amide bonds. The Labute approximate surface area is 102 Å². The molecule has 2 aromatic rings. The Morgan fingerprint density at radius 3 is 2.67 bits per heavy atom. The minimum atomic E-state index is 0.102. The fourth-order valence-electron chi connectivity index (χ4n) is 1.45. The second kappa shape index (κ2) is 3.49. The number of rotatable bonds is 0. The van der Waals surface area contributed by atoms with Crippen LogP contribution < -0.4 is 0 Å². The van der Waals surface area contributed by atoms with Gasteiger partial charge in [0, 0.05) is 16.5 Å². The van der Waals surface area contributed by atoms with Gasteiger partial charge >= 0.3 is 0 Å². The quantitative estimate of drug-likeness (QED) is 0.720. The summed E-state index contributed by atoms with van der Waals surface area (Å²) in [6.45, 7) is 6.50. The van der Waals surface area contributed by atoms with Gasteiger partial charge < -0.3 is 4.98 Å². The Balaban J connectivity index is 2.72. The van der Waals surface area contributed by atoms with E-state index in [9.17, 15) is 0 Å². The summed E-state index contributed by atoms with van der Waals surface area (Å²) in [5.74, 6) is 0. The van der Waals surface area contributed by atoms with Crippen LogP contribution in [0, 0.1) is 0 Å². The smallest absolute Gasteiger partial charge is 0.143 e. The average Bonchev–Trinajstić information content (AvgIpc) is 2.55. The normalized spacial score (nSPS) is 12.3. The van der Waals surface area contributed by atoms with Gasteiger partial charge in [0.25, 0.3) is 0 Å². The van der Waals surface area contributed by atoms with E-state index in [1.165, 1.54) is 5.69 Å². The average molecular weight is 288 g/mol. The van der Waals surface area contributed by atoms with E-state index in [4.69, 9.17) is 11.6 Å². The van der Waals surface area contributed by atoms with Crippen molar-refractivity contribution in [1.29, 1.82) is 0 Å². The van der Waals surface area contributed by atoms with E-state index < -0.39 is 0 Å². The zero-order chi connectivity index (χ0) is 11.2. The molecule has 0 bridgehead atoms.